The largest absolute Gasteiger partial charge is 0.298 e. The topological polar surface area (TPSA) is 3.24 Å². The molecule has 1 nitrogen and oxygen atoms in total. The van der Waals surface area contributed by atoms with Gasteiger partial charge in [-0.05, 0) is 41.2 Å². The van der Waals surface area contributed by atoms with E-state index < -0.39 is 0 Å². The molecule has 1 unspecified atom stereocenters. The summed E-state index contributed by atoms with van der Waals surface area (Å²) >= 11 is 0. The standard InChI is InChI=1S/C18H20FN/c1-14(16-7-4-8-18(19)11-16)12-20-10-9-15-5-2-3-6-17(15)13-20/h2-8,11,14H,9-10,12-13H2,1H3. The van der Waals surface area contributed by atoms with Gasteiger partial charge in [0.25, 0.3) is 0 Å². The molecule has 0 saturated heterocycles. The van der Waals surface area contributed by atoms with Crippen molar-refractivity contribution < 1.29 is 4.39 Å². The van der Waals surface area contributed by atoms with E-state index in [1.54, 1.807) is 12.1 Å². The first-order valence-corrected chi connectivity index (χ1v) is 7.27. The van der Waals surface area contributed by atoms with Gasteiger partial charge in [-0.1, -0.05) is 43.3 Å². The Bertz CT molecular complexity index is 593. The zero-order chi connectivity index (χ0) is 13.9. The molecular weight excluding hydrogens is 249 g/mol. The van der Waals surface area contributed by atoms with Crippen LogP contribution < -0.4 is 0 Å². The van der Waals surface area contributed by atoms with Crippen molar-refractivity contribution in [1.82, 2.24) is 4.90 Å². The summed E-state index contributed by atoms with van der Waals surface area (Å²) in [4.78, 5) is 2.47. The summed E-state index contributed by atoms with van der Waals surface area (Å²) in [5.74, 6) is 0.217. The fourth-order valence-corrected chi connectivity index (χ4v) is 3.02. The highest BCUT2D eigenvalue weighted by Crippen LogP contribution is 2.23. The van der Waals surface area contributed by atoms with Crippen molar-refractivity contribution in [3.63, 3.8) is 0 Å². The second-order valence-electron chi connectivity index (χ2n) is 5.71. The van der Waals surface area contributed by atoms with Crippen molar-refractivity contribution in [1.29, 1.82) is 0 Å². The number of hydrogen-bond donors (Lipinski definition) is 0. The maximum Gasteiger partial charge on any atom is 0.123 e. The van der Waals surface area contributed by atoms with Crippen LogP contribution >= 0.6 is 0 Å². The zero-order valence-electron chi connectivity index (χ0n) is 11.8. The third-order valence-electron chi connectivity index (χ3n) is 4.16. The zero-order valence-corrected chi connectivity index (χ0v) is 11.8. The molecule has 1 heterocycles. The molecule has 0 fully saturated rings. The van der Waals surface area contributed by atoms with Crippen molar-refractivity contribution in [2.75, 3.05) is 13.1 Å². The van der Waals surface area contributed by atoms with Crippen LogP contribution in [-0.4, -0.2) is 18.0 Å². The molecule has 2 aromatic rings. The summed E-state index contributed by atoms with van der Waals surface area (Å²) in [5, 5.41) is 0. The fourth-order valence-electron chi connectivity index (χ4n) is 3.02. The van der Waals surface area contributed by atoms with Gasteiger partial charge in [0, 0.05) is 19.6 Å². The van der Waals surface area contributed by atoms with E-state index in [4.69, 9.17) is 0 Å². The highest BCUT2D eigenvalue weighted by atomic mass is 19.1. The number of fused-ring (bicyclic) bond motifs is 1. The Balaban J connectivity index is 1.67. The number of halogens is 1. The molecule has 2 heteroatoms. The number of benzene rings is 2. The van der Waals surface area contributed by atoms with Gasteiger partial charge >= 0.3 is 0 Å². The molecule has 0 bridgehead atoms. The lowest BCUT2D eigenvalue weighted by Crippen LogP contribution is -2.33. The lowest BCUT2D eigenvalue weighted by molar-refractivity contribution is 0.242. The first-order valence-electron chi connectivity index (χ1n) is 7.27. The molecule has 1 aliphatic rings. The van der Waals surface area contributed by atoms with E-state index in [-0.39, 0.29) is 5.82 Å². The minimum absolute atomic E-state index is 0.140. The third-order valence-corrected chi connectivity index (χ3v) is 4.16. The molecular formula is C18H20FN. The van der Waals surface area contributed by atoms with Crippen molar-refractivity contribution in [2.45, 2.75) is 25.8 Å². The molecule has 0 aliphatic carbocycles. The summed E-state index contributed by atoms with van der Waals surface area (Å²) < 4.78 is 13.3. The van der Waals surface area contributed by atoms with E-state index in [0.717, 1.165) is 31.6 Å². The monoisotopic (exact) mass is 269 g/mol. The van der Waals surface area contributed by atoms with Gasteiger partial charge in [-0.2, -0.15) is 0 Å². The summed E-state index contributed by atoms with van der Waals surface area (Å²) in [5.41, 5.74) is 4.00. The van der Waals surface area contributed by atoms with E-state index in [2.05, 4.69) is 36.1 Å². The smallest absolute Gasteiger partial charge is 0.123 e. The van der Waals surface area contributed by atoms with Crippen LogP contribution in [0.5, 0.6) is 0 Å². The number of nitrogens with zero attached hydrogens (tertiary/aromatic N) is 1. The Kier molecular flexibility index (Phi) is 3.83. The Morgan fingerprint density at radius 2 is 1.90 bits per heavy atom. The van der Waals surface area contributed by atoms with Gasteiger partial charge in [-0.25, -0.2) is 4.39 Å². The van der Waals surface area contributed by atoms with Crippen LogP contribution in [0.2, 0.25) is 0 Å². The Morgan fingerprint density at radius 3 is 2.70 bits per heavy atom. The molecule has 0 amide bonds. The molecule has 0 radical (unpaired) electrons. The van der Waals surface area contributed by atoms with Crippen LogP contribution in [0.4, 0.5) is 4.39 Å². The van der Waals surface area contributed by atoms with Crippen molar-refractivity contribution in [3.05, 3.63) is 71.0 Å². The van der Waals surface area contributed by atoms with Gasteiger partial charge in [0.05, 0.1) is 0 Å². The Labute approximate surface area is 120 Å². The summed E-state index contributed by atoms with van der Waals surface area (Å²) in [6.07, 6.45) is 1.12. The average Bonchev–Trinajstić information content (AvgIpc) is 2.47. The second-order valence-corrected chi connectivity index (χ2v) is 5.71. The van der Waals surface area contributed by atoms with Crippen LogP contribution in [0.1, 0.15) is 29.5 Å². The molecule has 0 aromatic heterocycles. The lowest BCUT2D eigenvalue weighted by Gasteiger charge is -2.31. The van der Waals surface area contributed by atoms with Crippen molar-refractivity contribution in [3.8, 4) is 0 Å². The van der Waals surface area contributed by atoms with Gasteiger partial charge in [0.15, 0.2) is 0 Å². The molecule has 20 heavy (non-hydrogen) atoms. The van der Waals surface area contributed by atoms with E-state index >= 15 is 0 Å². The highest BCUT2D eigenvalue weighted by molar-refractivity contribution is 5.29. The molecule has 3 rings (SSSR count). The van der Waals surface area contributed by atoms with E-state index in [0.29, 0.717) is 5.92 Å². The van der Waals surface area contributed by atoms with E-state index in [1.807, 2.05) is 6.07 Å². The third kappa shape index (κ3) is 2.91. The van der Waals surface area contributed by atoms with Crippen LogP contribution in [0.3, 0.4) is 0 Å². The first kappa shape index (κ1) is 13.3. The summed E-state index contributed by atoms with van der Waals surface area (Å²) in [6.45, 7) is 5.26. The predicted octanol–water partition coefficient (Wildman–Crippen LogP) is 3.99. The minimum atomic E-state index is -0.140. The summed E-state index contributed by atoms with van der Waals surface area (Å²) in [6, 6.07) is 15.6. The molecule has 104 valence electrons. The van der Waals surface area contributed by atoms with Gasteiger partial charge in [0.1, 0.15) is 5.82 Å². The van der Waals surface area contributed by atoms with Crippen molar-refractivity contribution >= 4 is 0 Å². The van der Waals surface area contributed by atoms with Crippen LogP contribution in [0, 0.1) is 5.82 Å². The Morgan fingerprint density at radius 1 is 1.10 bits per heavy atom. The van der Waals surface area contributed by atoms with E-state index in [1.165, 1.54) is 17.2 Å². The molecule has 0 saturated carbocycles. The quantitative estimate of drug-likeness (QED) is 0.814. The van der Waals surface area contributed by atoms with E-state index in [9.17, 15) is 4.39 Å². The van der Waals surface area contributed by atoms with Gasteiger partial charge in [0.2, 0.25) is 0 Å². The highest BCUT2D eigenvalue weighted by Gasteiger charge is 2.18. The van der Waals surface area contributed by atoms with Crippen LogP contribution in [0.25, 0.3) is 0 Å². The SMILES string of the molecule is CC(CN1CCc2ccccc2C1)c1cccc(F)c1. The summed E-state index contributed by atoms with van der Waals surface area (Å²) in [7, 11) is 0. The van der Waals surface area contributed by atoms with Gasteiger partial charge in [-0.15, -0.1) is 0 Å². The first-order chi connectivity index (χ1) is 9.72. The normalized spacial score (nSPS) is 16.7. The van der Waals surface area contributed by atoms with Gasteiger partial charge in [-0.3, -0.25) is 4.90 Å². The maximum atomic E-state index is 13.3. The minimum Gasteiger partial charge on any atom is -0.298 e. The molecule has 1 atom stereocenters. The average molecular weight is 269 g/mol. The lowest BCUT2D eigenvalue weighted by atomic mass is 9.96. The van der Waals surface area contributed by atoms with Crippen molar-refractivity contribution in [2.24, 2.45) is 0 Å². The number of rotatable bonds is 3. The number of hydrogen-bond acceptors (Lipinski definition) is 1. The second kappa shape index (κ2) is 5.76. The van der Waals surface area contributed by atoms with Crippen LogP contribution in [-0.2, 0) is 13.0 Å². The molecule has 0 N–H and O–H groups in total. The molecule has 0 spiro atoms. The van der Waals surface area contributed by atoms with Gasteiger partial charge < -0.3 is 0 Å². The maximum absolute atomic E-state index is 13.3. The molecule has 2 aromatic carbocycles. The Hall–Kier alpha value is -1.67. The predicted molar refractivity (Wildman–Crippen MR) is 80.2 cm³/mol. The molecule has 1 aliphatic heterocycles. The fraction of sp³-hybridized carbons (Fsp3) is 0.333. The van der Waals surface area contributed by atoms with Crippen LogP contribution in [0.15, 0.2) is 48.5 Å².